The average molecular weight is 334 g/mol. The van der Waals surface area contributed by atoms with Crippen molar-refractivity contribution in [1.82, 2.24) is 9.38 Å². The Kier molecular flexibility index (Phi) is 3.57. The molecular weight excluding hydrogens is 316 g/mol. The second-order valence-electron chi connectivity index (χ2n) is 6.53. The third kappa shape index (κ3) is 2.40. The predicted octanol–water partition coefficient (Wildman–Crippen LogP) is 2.97. The van der Waals surface area contributed by atoms with Crippen molar-refractivity contribution < 1.29 is 9.90 Å². The first-order valence-electron chi connectivity index (χ1n) is 8.39. The Morgan fingerprint density at radius 1 is 1.32 bits per heavy atom. The van der Waals surface area contributed by atoms with Gasteiger partial charge in [-0.2, -0.15) is 5.26 Å². The highest BCUT2D eigenvalue weighted by atomic mass is 16.4. The van der Waals surface area contributed by atoms with Gasteiger partial charge >= 0.3 is 5.97 Å². The molecule has 25 heavy (non-hydrogen) atoms. The van der Waals surface area contributed by atoms with Crippen LogP contribution in [-0.4, -0.2) is 33.6 Å². The van der Waals surface area contributed by atoms with E-state index in [1.165, 1.54) is 0 Å². The molecule has 1 aliphatic rings. The van der Waals surface area contributed by atoms with Crippen molar-refractivity contribution in [2.75, 3.05) is 18.0 Å². The van der Waals surface area contributed by atoms with Gasteiger partial charge in [0.25, 0.3) is 0 Å². The smallest absolute Gasteiger partial charge is 0.306 e. The lowest BCUT2D eigenvalue weighted by Crippen LogP contribution is -2.37. The van der Waals surface area contributed by atoms with Gasteiger partial charge in [0.15, 0.2) is 5.65 Å². The number of rotatable bonds is 2. The molecule has 6 nitrogen and oxygen atoms in total. The van der Waals surface area contributed by atoms with E-state index >= 15 is 0 Å². The van der Waals surface area contributed by atoms with Crippen molar-refractivity contribution in [1.29, 1.82) is 5.26 Å². The van der Waals surface area contributed by atoms with Gasteiger partial charge in [0.1, 0.15) is 11.9 Å². The highest BCUT2D eigenvalue weighted by molar-refractivity contribution is 5.85. The summed E-state index contributed by atoms with van der Waals surface area (Å²) < 4.78 is 2.03. The van der Waals surface area contributed by atoms with Crippen molar-refractivity contribution in [2.24, 2.45) is 5.92 Å². The highest BCUT2D eigenvalue weighted by Gasteiger charge is 2.27. The largest absolute Gasteiger partial charge is 0.481 e. The third-order valence-corrected chi connectivity index (χ3v) is 5.03. The molecule has 0 bridgehead atoms. The van der Waals surface area contributed by atoms with Gasteiger partial charge in [0.2, 0.25) is 0 Å². The summed E-state index contributed by atoms with van der Waals surface area (Å²) in [6, 6.07) is 12.1. The summed E-state index contributed by atoms with van der Waals surface area (Å²) >= 11 is 0. The summed E-state index contributed by atoms with van der Waals surface area (Å²) in [4.78, 5) is 18.1. The molecule has 0 unspecified atom stereocenters. The number of fused-ring (bicyclic) bond motifs is 3. The Labute approximate surface area is 144 Å². The van der Waals surface area contributed by atoms with Gasteiger partial charge in [-0.3, -0.25) is 9.20 Å². The monoisotopic (exact) mass is 334 g/mol. The second-order valence-corrected chi connectivity index (χ2v) is 6.53. The molecule has 1 fully saturated rings. The molecule has 0 saturated carbocycles. The van der Waals surface area contributed by atoms with Crippen molar-refractivity contribution in [2.45, 2.75) is 19.8 Å². The molecule has 3 aromatic rings. The quantitative estimate of drug-likeness (QED) is 0.779. The number of hydrogen-bond acceptors (Lipinski definition) is 4. The number of imidazole rings is 1. The minimum absolute atomic E-state index is 0.272. The van der Waals surface area contributed by atoms with E-state index in [9.17, 15) is 15.2 Å². The fourth-order valence-electron chi connectivity index (χ4n) is 3.66. The Hall–Kier alpha value is -3.07. The fraction of sp³-hybridized carbons (Fsp3) is 0.316. The van der Waals surface area contributed by atoms with Crippen LogP contribution in [0.25, 0.3) is 16.7 Å². The topological polar surface area (TPSA) is 81.6 Å². The van der Waals surface area contributed by atoms with Gasteiger partial charge in [-0.05, 0) is 43.5 Å². The molecule has 0 radical (unpaired) electrons. The average Bonchev–Trinajstić information content (AvgIpc) is 3.00. The number of aromatic nitrogens is 2. The van der Waals surface area contributed by atoms with E-state index in [4.69, 9.17) is 0 Å². The van der Waals surface area contributed by atoms with Gasteiger partial charge in [-0.15, -0.1) is 0 Å². The van der Waals surface area contributed by atoms with Gasteiger partial charge < -0.3 is 10.0 Å². The molecule has 126 valence electrons. The zero-order valence-electron chi connectivity index (χ0n) is 13.9. The summed E-state index contributed by atoms with van der Waals surface area (Å²) in [6.45, 7) is 3.29. The van der Waals surface area contributed by atoms with E-state index in [-0.39, 0.29) is 5.92 Å². The molecule has 0 atom stereocenters. The number of carboxylic acids is 1. The summed E-state index contributed by atoms with van der Waals surface area (Å²) in [5, 5.41) is 18.8. The zero-order valence-corrected chi connectivity index (χ0v) is 13.9. The molecule has 4 rings (SSSR count). The molecule has 1 saturated heterocycles. The van der Waals surface area contributed by atoms with E-state index in [0.717, 1.165) is 22.4 Å². The normalized spacial score (nSPS) is 15.6. The Morgan fingerprint density at radius 3 is 2.72 bits per heavy atom. The standard InChI is InChI=1S/C19H18N4O2/c1-12-10-17(22-8-6-13(7-9-22)19(24)25)23-16-5-3-2-4-15(16)21-18(23)14(12)11-20/h2-5,10,13H,6-9H2,1H3,(H,24,25). The van der Waals surface area contributed by atoms with E-state index in [2.05, 4.69) is 16.0 Å². The summed E-state index contributed by atoms with van der Waals surface area (Å²) in [6.07, 6.45) is 1.25. The Bertz CT molecular complexity index is 1020. The van der Waals surface area contributed by atoms with Crippen molar-refractivity contribution in [3.8, 4) is 6.07 Å². The van der Waals surface area contributed by atoms with Crippen LogP contribution in [0, 0.1) is 24.2 Å². The van der Waals surface area contributed by atoms with Crippen molar-refractivity contribution >= 4 is 28.5 Å². The molecule has 0 aliphatic carbocycles. The lowest BCUT2D eigenvalue weighted by Gasteiger charge is -2.32. The van der Waals surface area contributed by atoms with E-state index in [0.29, 0.717) is 37.1 Å². The van der Waals surface area contributed by atoms with Gasteiger partial charge in [-0.1, -0.05) is 12.1 Å². The SMILES string of the molecule is Cc1cc(N2CCC(C(=O)O)CC2)n2c(nc3ccccc32)c1C#N. The van der Waals surface area contributed by atoms with Crippen LogP contribution in [0.15, 0.2) is 30.3 Å². The molecule has 0 amide bonds. The maximum Gasteiger partial charge on any atom is 0.306 e. The maximum atomic E-state index is 11.2. The van der Waals surface area contributed by atoms with E-state index < -0.39 is 5.97 Å². The fourth-order valence-corrected chi connectivity index (χ4v) is 3.66. The first-order chi connectivity index (χ1) is 12.1. The number of aliphatic carboxylic acids is 1. The number of carboxylic acid groups (broad SMARTS) is 1. The summed E-state index contributed by atoms with van der Waals surface area (Å²) in [5.74, 6) is -0.0105. The highest BCUT2D eigenvalue weighted by Crippen LogP contribution is 2.31. The lowest BCUT2D eigenvalue weighted by molar-refractivity contribution is -0.142. The number of anilines is 1. The van der Waals surface area contributed by atoms with Crippen LogP contribution < -0.4 is 4.90 Å². The van der Waals surface area contributed by atoms with Crippen LogP contribution in [-0.2, 0) is 4.79 Å². The van der Waals surface area contributed by atoms with E-state index in [1.54, 1.807) is 0 Å². The maximum absolute atomic E-state index is 11.2. The first-order valence-corrected chi connectivity index (χ1v) is 8.39. The van der Waals surface area contributed by atoms with Crippen LogP contribution in [0.2, 0.25) is 0 Å². The number of benzene rings is 1. The zero-order chi connectivity index (χ0) is 17.6. The molecular formula is C19H18N4O2. The number of carbonyl (C=O) groups is 1. The Balaban J connectivity index is 1.90. The number of pyridine rings is 1. The number of hydrogen-bond donors (Lipinski definition) is 1. The second kappa shape index (κ2) is 5.78. The molecule has 1 aromatic carbocycles. The minimum atomic E-state index is -0.714. The number of nitrogens with zero attached hydrogens (tertiary/aromatic N) is 4. The van der Waals surface area contributed by atoms with Gasteiger partial charge in [0, 0.05) is 13.1 Å². The van der Waals surface area contributed by atoms with Gasteiger partial charge in [-0.25, -0.2) is 4.98 Å². The Morgan fingerprint density at radius 2 is 2.04 bits per heavy atom. The summed E-state index contributed by atoms with van der Waals surface area (Å²) in [5.41, 5.74) is 3.95. The number of piperidine rings is 1. The number of para-hydroxylation sites is 2. The third-order valence-electron chi connectivity index (χ3n) is 5.03. The molecule has 1 N–H and O–H groups in total. The van der Waals surface area contributed by atoms with Crippen LogP contribution in [0.4, 0.5) is 5.82 Å². The molecule has 0 spiro atoms. The van der Waals surface area contributed by atoms with Crippen molar-refractivity contribution in [3.05, 3.63) is 41.5 Å². The molecule has 1 aliphatic heterocycles. The molecule has 6 heteroatoms. The lowest BCUT2D eigenvalue weighted by atomic mass is 9.97. The van der Waals surface area contributed by atoms with Crippen LogP contribution >= 0.6 is 0 Å². The predicted molar refractivity (Wildman–Crippen MR) is 94.7 cm³/mol. The summed E-state index contributed by atoms with van der Waals surface area (Å²) in [7, 11) is 0. The van der Waals surface area contributed by atoms with Gasteiger partial charge in [0.05, 0.1) is 22.5 Å². The van der Waals surface area contributed by atoms with Crippen LogP contribution in [0.3, 0.4) is 0 Å². The van der Waals surface area contributed by atoms with Crippen molar-refractivity contribution in [3.63, 3.8) is 0 Å². The minimum Gasteiger partial charge on any atom is -0.481 e. The van der Waals surface area contributed by atoms with Crippen LogP contribution in [0.1, 0.15) is 24.0 Å². The molecule has 2 aromatic heterocycles. The number of nitriles is 1. The first kappa shape index (κ1) is 15.5. The number of aryl methyl sites for hydroxylation is 1. The molecule has 3 heterocycles. The van der Waals surface area contributed by atoms with E-state index in [1.807, 2.05) is 41.7 Å². The van der Waals surface area contributed by atoms with Crippen LogP contribution in [0.5, 0.6) is 0 Å².